The SMILES string of the molecule is CCNc1ncc(Br)c(NCCCS(C)(=O)=O)n1. The maximum atomic E-state index is 11.0. The molecule has 0 spiro atoms. The molecule has 0 fully saturated rings. The minimum atomic E-state index is -2.90. The van der Waals surface area contributed by atoms with Crippen LogP contribution in [0.5, 0.6) is 0 Å². The average Bonchev–Trinajstić information content (AvgIpc) is 2.27. The van der Waals surface area contributed by atoms with Crippen LogP contribution in [0.1, 0.15) is 13.3 Å². The Bertz CT molecular complexity index is 493. The number of nitrogens with zero attached hydrogens (tertiary/aromatic N) is 2. The molecule has 0 unspecified atom stereocenters. The van der Waals surface area contributed by atoms with E-state index in [2.05, 4.69) is 36.5 Å². The second-order valence-corrected chi connectivity index (χ2v) is 6.94. The third-order valence-corrected chi connectivity index (χ3v) is 3.67. The molecule has 1 rings (SSSR count). The smallest absolute Gasteiger partial charge is 0.224 e. The normalized spacial score (nSPS) is 11.3. The van der Waals surface area contributed by atoms with E-state index in [-0.39, 0.29) is 5.75 Å². The number of nitrogens with one attached hydrogen (secondary N) is 2. The van der Waals surface area contributed by atoms with Crippen molar-refractivity contribution in [1.82, 2.24) is 9.97 Å². The first-order valence-corrected chi connectivity index (χ1v) is 8.45. The first-order chi connectivity index (χ1) is 8.42. The summed E-state index contributed by atoms with van der Waals surface area (Å²) < 4.78 is 22.7. The Kier molecular flexibility index (Phi) is 5.80. The number of aromatic nitrogens is 2. The highest BCUT2D eigenvalue weighted by Crippen LogP contribution is 2.19. The number of anilines is 2. The largest absolute Gasteiger partial charge is 0.369 e. The molecule has 8 heteroatoms. The molecule has 18 heavy (non-hydrogen) atoms. The predicted octanol–water partition coefficient (Wildman–Crippen LogP) is 1.52. The molecule has 2 N–H and O–H groups in total. The third kappa shape index (κ3) is 5.63. The van der Waals surface area contributed by atoms with Gasteiger partial charge in [0.05, 0.1) is 10.2 Å². The molecule has 0 aliphatic heterocycles. The van der Waals surface area contributed by atoms with Crippen molar-refractivity contribution in [1.29, 1.82) is 0 Å². The average molecular weight is 337 g/mol. The van der Waals surface area contributed by atoms with Crippen molar-refractivity contribution >= 4 is 37.5 Å². The predicted molar refractivity (Wildman–Crippen MR) is 76.7 cm³/mol. The Morgan fingerprint density at radius 2 is 2.11 bits per heavy atom. The molecule has 0 aliphatic rings. The molecule has 6 nitrogen and oxygen atoms in total. The van der Waals surface area contributed by atoms with Gasteiger partial charge in [0.25, 0.3) is 0 Å². The van der Waals surface area contributed by atoms with Crippen molar-refractivity contribution in [2.24, 2.45) is 0 Å². The maximum absolute atomic E-state index is 11.0. The Labute approximate surface area is 116 Å². The molecular formula is C10H17BrN4O2S. The number of halogens is 1. The van der Waals surface area contributed by atoms with Gasteiger partial charge in [0, 0.05) is 25.5 Å². The standard InChI is InChI=1S/C10H17BrN4O2S/c1-3-12-10-14-7-8(11)9(15-10)13-5-4-6-18(2,16)17/h7H,3-6H2,1-2H3,(H2,12,13,14,15). The summed E-state index contributed by atoms with van der Waals surface area (Å²) in [4.78, 5) is 8.36. The van der Waals surface area contributed by atoms with Gasteiger partial charge in [-0.3, -0.25) is 0 Å². The van der Waals surface area contributed by atoms with Crippen molar-refractivity contribution in [3.8, 4) is 0 Å². The molecular weight excluding hydrogens is 320 g/mol. The van der Waals surface area contributed by atoms with Gasteiger partial charge < -0.3 is 10.6 Å². The van der Waals surface area contributed by atoms with Gasteiger partial charge in [0.1, 0.15) is 15.7 Å². The highest BCUT2D eigenvalue weighted by molar-refractivity contribution is 9.10. The van der Waals surface area contributed by atoms with E-state index in [1.54, 1.807) is 6.20 Å². The molecule has 0 aliphatic carbocycles. The summed E-state index contributed by atoms with van der Waals surface area (Å²) in [7, 11) is -2.90. The summed E-state index contributed by atoms with van der Waals surface area (Å²) >= 11 is 3.34. The van der Waals surface area contributed by atoms with Gasteiger partial charge in [0.2, 0.25) is 5.95 Å². The van der Waals surface area contributed by atoms with E-state index in [0.29, 0.717) is 24.7 Å². The van der Waals surface area contributed by atoms with Crippen molar-refractivity contribution in [2.45, 2.75) is 13.3 Å². The van der Waals surface area contributed by atoms with Crippen LogP contribution in [0.3, 0.4) is 0 Å². The van der Waals surface area contributed by atoms with Gasteiger partial charge >= 0.3 is 0 Å². The zero-order chi connectivity index (χ0) is 13.6. The molecule has 0 amide bonds. The molecule has 0 bridgehead atoms. The van der Waals surface area contributed by atoms with E-state index in [0.717, 1.165) is 11.0 Å². The summed E-state index contributed by atoms with van der Waals surface area (Å²) in [5.74, 6) is 1.38. The lowest BCUT2D eigenvalue weighted by Crippen LogP contribution is -2.12. The Hall–Kier alpha value is -0.890. The molecule has 1 aromatic rings. The highest BCUT2D eigenvalue weighted by Gasteiger charge is 2.05. The minimum Gasteiger partial charge on any atom is -0.369 e. The van der Waals surface area contributed by atoms with Crippen LogP contribution in [0.15, 0.2) is 10.7 Å². The van der Waals surface area contributed by atoms with E-state index < -0.39 is 9.84 Å². The molecule has 0 saturated heterocycles. The molecule has 0 radical (unpaired) electrons. The van der Waals surface area contributed by atoms with Gasteiger partial charge in [-0.1, -0.05) is 0 Å². The second kappa shape index (κ2) is 6.89. The van der Waals surface area contributed by atoms with Crippen LogP contribution < -0.4 is 10.6 Å². The Balaban J connectivity index is 2.53. The minimum absolute atomic E-state index is 0.169. The maximum Gasteiger partial charge on any atom is 0.224 e. The molecule has 0 aromatic carbocycles. The highest BCUT2D eigenvalue weighted by atomic mass is 79.9. The van der Waals surface area contributed by atoms with E-state index in [9.17, 15) is 8.42 Å². The lowest BCUT2D eigenvalue weighted by atomic mass is 10.4. The quantitative estimate of drug-likeness (QED) is 0.734. The first-order valence-electron chi connectivity index (χ1n) is 5.60. The summed E-state index contributed by atoms with van der Waals surface area (Å²) in [5.41, 5.74) is 0. The van der Waals surface area contributed by atoms with Gasteiger partial charge in [-0.25, -0.2) is 13.4 Å². The number of hydrogen-bond acceptors (Lipinski definition) is 6. The van der Waals surface area contributed by atoms with E-state index in [4.69, 9.17) is 0 Å². The number of sulfone groups is 1. The molecule has 1 aromatic heterocycles. The van der Waals surface area contributed by atoms with E-state index in [1.807, 2.05) is 6.92 Å². The fraction of sp³-hybridized carbons (Fsp3) is 0.600. The van der Waals surface area contributed by atoms with Crippen LogP contribution in [0, 0.1) is 0 Å². The van der Waals surface area contributed by atoms with Crippen LogP contribution in [-0.4, -0.2) is 43.5 Å². The van der Waals surface area contributed by atoms with Crippen LogP contribution in [0.2, 0.25) is 0 Å². The monoisotopic (exact) mass is 336 g/mol. The topological polar surface area (TPSA) is 84.0 Å². The zero-order valence-corrected chi connectivity index (χ0v) is 12.8. The van der Waals surface area contributed by atoms with Gasteiger partial charge in [-0.05, 0) is 29.3 Å². The van der Waals surface area contributed by atoms with Crippen LogP contribution >= 0.6 is 15.9 Å². The van der Waals surface area contributed by atoms with Gasteiger partial charge in [-0.15, -0.1) is 0 Å². The molecule has 1 heterocycles. The molecule has 102 valence electrons. The van der Waals surface area contributed by atoms with Gasteiger partial charge in [0.15, 0.2) is 0 Å². The summed E-state index contributed by atoms with van der Waals surface area (Å²) in [6, 6.07) is 0. The fourth-order valence-corrected chi connectivity index (χ4v) is 2.28. The van der Waals surface area contributed by atoms with Crippen molar-refractivity contribution < 1.29 is 8.42 Å². The van der Waals surface area contributed by atoms with Gasteiger partial charge in [-0.2, -0.15) is 4.98 Å². The zero-order valence-electron chi connectivity index (χ0n) is 10.4. The second-order valence-electron chi connectivity index (χ2n) is 3.83. The van der Waals surface area contributed by atoms with E-state index in [1.165, 1.54) is 6.26 Å². The van der Waals surface area contributed by atoms with Crippen molar-refractivity contribution in [3.63, 3.8) is 0 Å². The lowest BCUT2D eigenvalue weighted by molar-refractivity contribution is 0.600. The third-order valence-electron chi connectivity index (χ3n) is 2.06. The lowest BCUT2D eigenvalue weighted by Gasteiger charge is -2.09. The molecule has 0 atom stereocenters. The fourth-order valence-electron chi connectivity index (χ4n) is 1.28. The first kappa shape index (κ1) is 15.2. The summed E-state index contributed by atoms with van der Waals surface area (Å²) in [6.45, 7) is 3.26. The van der Waals surface area contributed by atoms with Crippen LogP contribution in [0.25, 0.3) is 0 Å². The van der Waals surface area contributed by atoms with E-state index >= 15 is 0 Å². The summed E-state index contributed by atoms with van der Waals surface area (Å²) in [6.07, 6.45) is 3.44. The van der Waals surface area contributed by atoms with Crippen molar-refractivity contribution in [2.75, 3.05) is 35.7 Å². The van der Waals surface area contributed by atoms with Crippen LogP contribution in [0.4, 0.5) is 11.8 Å². The van der Waals surface area contributed by atoms with Crippen molar-refractivity contribution in [3.05, 3.63) is 10.7 Å². The summed E-state index contributed by atoms with van der Waals surface area (Å²) in [5, 5.41) is 6.09. The Morgan fingerprint density at radius 3 is 2.72 bits per heavy atom. The Morgan fingerprint density at radius 1 is 1.39 bits per heavy atom. The number of hydrogen-bond donors (Lipinski definition) is 2. The number of rotatable bonds is 7. The molecule has 0 saturated carbocycles. The van der Waals surface area contributed by atoms with Crippen LogP contribution in [-0.2, 0) is 9.84 Å².